The first-order valence-corrected chi connectivity index (χ1v) is 13.6. The zero-order valence-corrected chi connectivity index (χ0v) is 22.7. The van der Waals surface area contributed by atoms with E-state index in [4.69, 9.17) is 5.10 Å². The summed E-state index contributed by atoms with van der Waals surface area (Å²) in [6.45, 7) is 2.62. The lowest BCUT2D eigenvalue weighted by Gasteiger charge is -2.41. The number of likely N-dealkylation sites (tertiary alicyclic amines) is 1. The van der Waals surface area contributed by atoms with Crippen LogP contribution in [0.5, 0.6) is 0 Å². The fourth-order valence-corrected chi connectivity index (χ4v) is 6.00. The molecule has 0 spiro atoms. The fraction of sp³-hybridized carbons (Fsp3) is 0.367. The number of hydrogen-bond donors (Lipinski definition) is 1. The lowest BCUT2D eigenvalue weighted by atomic mass is 9.87. The maximum absolute atomic E-state index is 14.1. The van der Waals surface area contributed by atoms with Crippen LogP contribution in [-0.2, 0) is 18.3 Å². The van der Waals surface area contributed by atoms with Crippen molar-refractivity contribution in [2.75, 3.05) is 13.1 Å². The van der Waals surface area contributed by atoms with Crippen molar-refractivity contribution >= 4 is 5.91 Å². The van der Waals surface area contributed by atoms with Gasteiger partial charge < -0.3 is 5.32 Å². The molecule has 1 aliphatic carbocycles. The number of para-hydroxylation sites is 1. The second-order valence-electron chi connectivity index (χ2n) is 11.1. The van der Waals surface area contributed by atoms with Crippen LogP contribution in [0, 0.1) is 18.6 Å². The Morgan fingerprint density at radius 2 is 1.83 bits per heavy atom. The Hall–Kier alpha value is -3.99. The topological polar surface area (TPSA) is 68.0 Å². The van der Waals surface area contributed by atoms with Gasteiger partial charge in [-0.05, 0) is 42.3 Å². The number of alkyl halides is 2. The third-order valence-electron chi connectivity index (χ3n) is 8.20. The van der Waals surface area contributed by atoms with Gasteiger partial charge in [-0.25, -0.2) is 22.2 Å². The molecule has 214 valence electrons. The maximum atomic E-state index is 14.1. The van der Waals surface area contributed by atoms with E-state index in [1.807, 2.05) is 55.4 Å². The number of amides is 1. The number of nitrogens with one attached hydrogen (secondary N) is 1. The first-order valence-electron chi connectivity index (χ1n) is 13.6. The van der Waals surface area contributed by atoms with Crippen molar-refractivity contribution in [3.8, 4) is 16.9 Å². The quantitative estimate of drug-likeness (QED) is 0.327. The van der Waals surface area contributed by atoms with Crippen LogP contribution in [0.2, 0.25) is 0 Å². The first-order chi connectivity index (χ1) is 19.6. The highest BCUT2D eigenvalue weighted by atomic mass is 19.3. The molecule has 2 aromatic heterocycles. The molecule has 6 rings (SSSR count). The first kappa shape index (κ1) is 27.2. The van der Waals surface area contributed by atoms with Gasteiger partial charge in [0, 0.05) is 62.7 Å². The molecule has 2 aliphatic rings. The van der Waals surface area contributed by atoms with Crippen LogP contribution in [0.4, 0.5) is 17.6 Å². The largest absolute Gasteiger partial charge is 0.351 e. The Balaban J connectivity index is 1.27. The van der Waals surface area contributed by atoms with Crippen molar-refractivity contribution in [2.24, 2.45) is 7.05 Å². The summed E-state index contributed by atoms with van der Waals surface area (Å²) in [6.07, 6.45) is 3.10. The summed E-state index contributed by atoms with van der Waals surface area (Å²) in [4.78, 5) is 15.5. The van der Waals surface area contributed by atoms with Crippen LogP contribution in [0.3, 0.4) is 0 Å². The number of aryl methyl sites for hydroxylation is 1. The minimum absolute atomic E-state index is 0.0104. The summed E-state index contributed by atoms with van der Waals surface area (Å²) in [5, 5.41) is 12.2. The van der Waals surface area contributed by atoms with Crippen molar-refractivity contribution in [1.82, 2.24) is 29.8 Å². The monoisotopic (exact) mass is 566 g/mol. The molecule has 41 heavy (non-hydrogen) atoms. The lowest BCUT2D eigenvalue weighted by Crippen LogP contribution is -2.51. The molecule has 1 saturated heterocycles. The van der Waals surface area contributed by atoms with Gasteiger partial charge in [-0.15, -0.1) is 0 Å². The second-order valence-corrected chi connectivity index (χ2v) is 11.1. The van der Waals surface area contributed by atoms with E-state index >= 15 is 0 Å². The molecule has 0 radical (unpaired) electrons. The summed E-state index contributed by atoms with van der Waals surface area (Å²) in [5.74, 6) is -5.29. The molecule has 1 N–H and O–H groups in total. The van der Waals surface area contributed by atoms with E-state index in [0.717, 1.165) is 28.9 Å². The van der Waals surface area contributed by atoms with Crippen LogP contribution >= 0.6 is 0 Å². The molecular formula is C30H30F4N6O. The van der Waals surface area contributed by atoms with Crippen molar-refractivity contribution in [3.05, 3.63) is 89.4 Å². The molecular weight excluding hydrogens is 536 g/mol. The molecule has 0 bridgehead atoms. The van der Waals surface area contributed by atoms with Gasteiger partial charge in [0.2, 0.25) is 5.91 Å². The summed E-state index contributed by atoms with van der Waals surface area (Å²) < 4.78 is 58.6. The van der Waals surface area contributed by atoms with E-state index in [2.05, 4.69) is 10.4 Å². The van der Waals surface area contributed by atoms with Gasteiger partial charge in [0.1, 0.15) is 0 Å². The SMILES string of the molecule is Cc1c(-c2cnn(C)c2)nn(-c2ccccc2)c1CC(=O)N[C@@H]1CN(C2CC(F)(F)C2)C[C@H]1c1ccc(F)c(F)c1. The highest BCUT2D eigenvalue weighted by molar-refractivity contribution is 5.80. The van der Waals surface area contributed by atoms with E-state index in [0.29, 0.717) is 30.0 Å². The molecule has 1 saturated carbocycles. The highest BCUT2D eigenvalue weighted by Crippen LogP contribution is 2.43. The molecule has 2 aromatic carbocycles. The lowest BCUT2D eigenvalue weighted by molar-refractivity contribution is -0.123. The Kier molecular flexibility index (Phi) is 6.93. The number of carbonyl (C=O) groups is 1. The number of nitrogens with zero attached hydrogens (tertiary/aromatic N) is 5. The van der Waals surface area contributed by atoms with Gasteiger partial charge >= 0.3 is 0 Å². The molecule has 1 amide bonds. The Morgan fingerprint density at radius 1 is 1.07 bits per heavy atom. The van der Waals surface area contributed by atoms with E-state index in [9.17, 15) is 22.4 Å². The normalized spacial score (nSPS) is 20.7. The minimum Gasteiger partial charge on any atom is -0.351 e. The van der Waals surface area contributed by atoms with Gasteiger partial charge in [-0.3, -0.25) is 14.4 Å². The van der Waals surface area contributed by atoms with Gasteiger partial charge in [0.05, 0.1) is 29.7 Å². The summed E-state index contributed by atoms with van der Waals surface area (Å²) >= 11 is 0. The molecule has 4 aromatic rings. The van der Waals surface area contributed by atoms with Gasteiger partial charge in [-0.2, -0.15) is 10.2 Å². The van der Waals surface area contributed by atoms with Crippen LogP contribution in [0.25, 0.3) is 16.9 Å². The zero-order valence-electron chi connectivity index (χ0n) is 22.7. The standard InChI is InChI=1S/C30H30F4N6O/c1-18-27(40(21-6-4-3-5-7-21)37-29(18)20-14-35-38(2)15-20)11-28(41)36-26-17-39(22-12-30(33,34)13-22)16-23(26)19-8-9-24(31)25(32)10-19/h3-10,14-15,22-23,26H,11-13,16-17H2,1-2H3,(H,36,41)/t23-,26+/m0/s1. The average Bonchev–Trinajstić information content (AvgIpc) is 3.62. The predicted molar refractivity (Wildman–Crippen MR) is 145 cm³/mol. The van der Waals surface area contributed by atoms with E-state index < -0.39 is 23.6 Å². The average molecular weight is 567 g/mol. The maximum Gasteiger partial charge on any atom is 0.251 e. The predicted octanol–water partition coefficient (Wildman–Crippen LogP) is 4.78. The molecule has 0 unspecified atom stereocenters. The Bertz CT molecular complexity index is 1580. The van der Waals surface area contributed by atoms with E-state index in [1.165, 1.54) is 6.07 Å². The van der Waals surface area contributed by atoms with Crippen molar-refractivity contribution < 1.29 is 22.4 Å². The Labute approximate surface area is 234 Å². The zero-order chi connectivity index (χ0) is 28.9. The van der Waals surface area contributed by atoms with Crippen molar-refractivity contribution in [3.63, 3.8) is 0 Å². The van der Waals surface area contributed by atoms with Gasteiger partial charge in [-0.1, -0.05) is 24.3 Å². The molecule has 11 heteroatoms. The molecule has 7 nitrogen and oxygen atoms in total. The number of aromatic nitrogens is 4. The smallest absolute Gasteiger partial charge is 0.251 e. The number of hydrogen-bond acceptors (Lipinski definition) is 4. The van der Waals surface area contributed by atoms with Gasteiger partial charge in [0.15, 0.2) is 11.6 Å². The number of halogens is 4. The van der Waals surface area contributed by atoms with Gasteiger partial charge in [0.25, 0.3) is 5.92 Å². The highest BCUT2D eigenvalue weighted by Gasteiger charge is 2.50. The van der Waals surface area contributed by atoms with E-state index in [1.54, 1.807) is 15.6 Å². The van der Waals surface area contributed by atoms with Crippen LogP contribution in [0.1, 0.15) is 35.6 Å². The second kappa shape index (κ2) is 10.4. The molecule has 3 heterocycles. The summed E-state index contributed by atoms with van der Waals surface area (Å²) in [5.41, 5.74) is 4.38. The fourth-order valence-electron chi connectivity index (χ4n) is 6.00. The van der Waals surface area contributed by atoms with Crippen LogP contribution < -0.4 is 5.32 Å². The third kappa shape index (κ3) is 5.38. The minimum atomic E-state index is -2.69. The third-order valence-corrected chi connectivity index (χ3v) is 8.20. The summed E-state index contributed by atoms with van der Waals surface area (Å²) in [6, 6.07) is 12.4. The van der Waals surface area contributed by atoms with E-state index in [-0.39, 0.29) is 37.1 Å². The number of carbonyl (C=O) groups excluding carboxylic acids is 1. The number of benzene rings is 2. The number of rotatable bonds is 7. The Morgan fingerprint density at radius 3 is 2.49 bits per heavy atom. The summed E-state index contributed by atoms with van der Waals surface area (Å²) in [7, 11) is 1.82. The van der Waals surface area contributed by atoms with Crippen molar-refractivity contribution in [2.45, 2.75) is 50.1 Å². The van der Waals surface area contributed by atoms with Crippen LogP contribution in [-0.4, -0.2) is 61.5 Å². The molecule has 2 fully saturated rings. The molecule has 2 atom stereocenters. The van der Waals surface area contributed by atoms with Crippen LogP contribution in [0.15, 0.2) is 60.9 Å². The molecule has 1 aliphatic heterocycles. The van der Waals surface area contributed by atoms with Crippen molar-refractivity contribution in [1.29, 1.82) is 0 Å².